The maximum atomic E-state index is 14.4. The van der Waals surface area contributed by atoms with Crippen molar-refractivity contribution >= 4 is 75.2 Å². The summed E-state index contributed by atoms with van der Waals surface area (Å²) in [6, 6.07) is 2.57. The molecule has 0 aromatic heterocycles. The van der Waals surface area contributed by atoms with Crippen molar-refractivity contribution in [1.82, 2.24) is 31.9 Å². The van der Waals surface area contributed by atoms with Crippen LogP contribution in [-0.4, -0.2) is 156 Å². The fourth-order valence-electron chi connectivity index (χ4n) is 9.44. The minimum atomic E-state index is -1.41. The number of rotatable bonds is 31. The number of halogens is 1. The first kappa shape index (κ1) is 67.1. The van der Waals surface area contributed by atoms with Gasteiger partial charge in [0.05, 0.1) is 49.4 Å². The van der Waals surface area contributed by atoms with Gasteiger partial charge in [-0.3, -0.25) is 33.7 Å². The molecule has 0 bridgehead atoms. The highest BCUT2D eigenvalue weighted by Crippen LogP contribution is 2.43. The molecular weight excluding hydrogens is 1120 g/mol. The van der Waals surface area contributed by atoms with Gasteiger partial charge in [-0.15, -0.1) is 0 Å². The van der Waals surface area contributed by atoms with Crippen LogP contribution in [0.3, 0.4) is 0 Å². The Kier molecular flexibility index (Phi) is 27.7. The molecule has 3 heterocycles. The van der Waals surface area contributed by atoms with Crippen LogP contribution in [0, 0.1) is 11.8 Å². The van der Waals surface area contributed by atoms with E-state index >= 15 is 0 Å². The van der Waals surface area contributed by atoms with Crippen molar-refractivity contribution < 1.29 is 77.0 Å². The molecule has 10 N–H and O–H groups in total. The van der Waals surface area contributed by atoms with Crippen LogP contribution in [0.25, 0.3) is 0 Å². The number of urea groups is 1. The summed E-state index contributed by atoms with van der Waals surface area (Å²) in [7, 11) is 0. The third-order valence-corrected chi connectivity index (χ3v) is 14.5. The number of primary amides is 1. The second-order valence-corrected chi connectivity index (χ2v) is 21.7. The number of carboxylic acid groups (broad SMARTS) is 1. The van der Waals surface area contributed by atoms with Crippen molar-refractivity contribution in [1.29, 1.82) is 0 Å². The minimum absolute atomic E-state index is 0.0518. The highest BCUT2D eigenvalue weighted by molar-refractivity contribution is 9.09. The summed E-state index contributed by atoms with van der Waals surface area (Å²) in [4.78, 5) is 114. The summed E-state index contributed by atoms with van der Waals surface area (Å²) >= 11 is 3.09. The normalized spacial score (nSPS) is 23.6. The maximum Gasteiger partial charge on any atom is 0.408 e. The fourth-order valence-corrected chi connectivity index (χ4v) is 9.63. The average molecular weight is 1200 g/mol. The maximum absolute atomic E-state index is 14.4. The smallest absolute Gasteiger partial charge is 0.408 e. The molecular formula is C56H83BrN8O16. The standard InChI is InChI=1S/C56H83BrN8O16/c1-33(2)50(64-46(67)13-9-8-10-24-59-49(70)29-57)52(72)65(43(53(73)74)12-11-25-60-54(58)75)40-19-17-39(18-20-40)30-77-55(76)62-32-61-48(69)27-41-28-56(31-78-56)51(71)45(81-41)22-15-34(3)14-21-44-35(4)26-42(37(6)80-44)63-47(68)23-16-36(5)79-38(7)66/h14-20,22-23,33,35-37,41-45,50-51,71H,8-13,21,24-32H2,1-7H3,(H,59,70)(H,61,69)(H,62,76)(H,63,68)(H,64,67)(H,73,74)(H3,58,60,75)/b22-15+,23-16-,34-14+/t35-,36-,37+,41+,42+,43-,44-,45+,50-,51+,56+/m0/s1. The highest BCUT2D eigenvalue weighted by atomic mass is 79.9. The summed E-state index contributed by atoms with van der Waals surface area (Å²) < 4.78 is 28.6. The first-order chi connectivity index (χ1) is 38.4. The third-order valence-electron chi connectivity index (χ3n) is 14.0. The van der Waals surface area contributed by atoms with Gasteiger partial charge in [0.2, 0.25) is 23.6 Å². The number of esters is 1. The van der Waals surface area contributed by atoms with Crippen LogP contribution >= 0.6 is 15.9 Å². The van der Waals surface area contributed by atoms with Crippen LogP contribution in [0.4, 0.5) is 15.3 Å². The van der Waals surface area contributed by atoms with E-state index in [1.807, 2.05) is 26.0 Å². The number of aliphatic hydroxyl groups is 1. The van der Waals surface area contributed by atoms with Gasteiger partial charge in [0, 0.05) is 44.6 Å². The molecule has 0 radical (unpaired) electrons. The lowest BCUT2D eigenvalue weighted by Gasteiger charge is -2.39. The number of carboxylic acids is 1. The van der Waals surface area contributed by atoms with Crippen molar-refractivity contribution in [3.05, 3.63) is 65.8 Å². The molecule has 3 aliphatic rings. The lowest BCUT2D eigenvalue weighted by Crippen LogP contribution is -2.56. The van der Waals surface area contributed by atoms with Crippen molar-refractivity contribution in [3.8, 4) is 0 Å². The van der Waals surface area contributed by atoms with Gasteiger partial charge >= 0.3 is 24.1 Å². The number of anilines is 1. The van der Waals surface area contributed by atoms with Crippen LogP contribution in [-0.2, 0) is 63.9 Å². The van der Waals surface area contributed by atoms with Gasteiger partial charge in [-0.25, -0.2) is 14.4 Å². The summed E-state index contributed by atoms with van der Waals surface area (Å²) in [6.07, 6.45) is 7.90. The number of ether oxygens (including phenoxy) is 5. The molecule has 0 aliphatic carbocycles. The molecule has 25 heteroatoms. The van der Waals surface area contributed by atoms with Crippen molar-refractivity contribution in [2.75, 3.05) is 36.6 Å². The van der Waals surface area contributed by atoms with Gasteiger partial charge in [0.1, 0.15) is 42.6 Å². The molecule has 0 saturated carbocycles. The van der Waals surface area contributed by atoms with Gasteiger partial charge in [-0.05, 0) is 94.9 Å². The number of epoxide rings is 1. The lowest BCUT2D eigenvalue weighted by atomic mass is 9.87. The van der Waals surface area contributed by atoms with E-state index in [1.54, 1.807) is 39.0 Å². The quantitative estimate of drug-likeness (QED) is 0.00971. The number of aliphatic hydroxyl groups excluding tert-OH is 1. The molecule has 1 spiro atoms. The molecule has 8 amide bonds. The number of unbranched alkanes of at least 4 members (excludes halogenated alkanes) is 2. The number of carbonyl (C=O) groups is 9. The van der Waals surface area contributed by atoms with E-state index in [1.165, 1.54) is 31.2 Å². The Bertz CT molecular complexity index is 2400. The number of hydrogen-bond acceptors (Lipinski definition) is 15. The lowest BCUT2D eigenvalue weighted by molar-refractivity contribution is -0.145. The molecule has 81 heavy (non-hydrogen) atoms. The van der Waals surface area contributed by atoms with Crippen LogP contribution in [0.2, 0.25) is 0 Å². The van der Waals surface area contributed by atoms with E-state index < -0.39 is 89.8 Å². The van der Waals surface area contributed by atoms with Gasteiger partial charge in [0.25, 0.3) is 5.91 Å². The molecule has 3 aliphatic heterocycles. The number of benzene rings is 1. The predicted molar refractivity (Wildman–Crippen MR) is 301 cm³/mol. The van der Waals surface area contributed by atoms with Crippen LogP contribution in [0.15, 0.2) is 60.2 Å². The fraction of sp³-hybridized carbons (Fsp3) is 0.625. The zero-order valence-corrected chi connectivity index (χ0v) is 49.0. The number of allylic oxidation sites excluding steroid dienone is 2. The molecule has 3 fully saturated rings. The predicted octanol–water partition coefficient (Wildman–Crippen LogP) is 3.81. The van der Waals surface area contributed by atoms with Crippen molar-refractivity contribution in [2.24, 2.45) is 17.6 Å². The first-order valence-corrected chi connectivity index (χ1v) is 28.6. The molecule has 1 aromatic carbocycles. The van der Waals surface area contributed by atoms with E-state index in [2.05, 4.69) is 54.8 Å². The van der Waals surface area contributed by atoms with Crippen LogP contribution in [0.5, 0.6) is 0 Å². The van der Waals surface area contributed by atoms with Gasteiger partial charge < -0.3 is 71.5 Å². The Hall–Kier alpha value is -6.41. The Morgan fingerprint density at radius 1 is 0.901 bits per heavy atom. The number of nitrogens with two attached hydrogens (primary N) is 1. The van der Waals surface area contributed by atoms with Crippen molar-refractivity contribution in [2.45, 2.75) is 180 Å². The Morgan fingerprint density at radius 2 is 1.60 bits per heavy atom. The Labute approximate surface area is 481 Å². The largest absolute Gasteiger partial charge is 0.480 e. The number of hydrogen-bond donors (Lipinski definition) is 9. The highest BCUT2D eigenvalue weighted by Gasteiger charge is 2.58. The number of amides is 8. The summed E-state index contributed by atoms with van der Waals surface area (Å²) in [5, 5.41) is 37.8. The van der Waals surface area contributed by atoms with E-state index in [-0.39, 0.29) is 98.9 Å². The number of alkyl carbamates (subject to hydrolysis) is 1. The Morgan fingerprint density at radius 3 is 2.25 bits per heavy atom. The molecule has 24 nitrogen and oxygen atoms in total. The van der Waals surface area contributed by atoms with E-state index in [4.69, 9.17) is 29.4 Å². The minimum Gasteiger partial charge on any atom is -0.480 e. The topological polar surface area (TPSA) is 345 Å². The van der Waals surface area contributed by atoms with Gasteiger partial charge in [-0.2, -0.15) is 0 Å². The molecule has 3 saturated heterocycles. The number of nitrogens with one attached hydrogen (secondary N) is 6. The third kappa shape index (κ3) is 23.2. The summed E-state index contributed by atoms with van der Waals surface area (Å²) in [5.74, 6) is -4.02. The number of nitrogens with zero attached hydrogens (tertiary/aromatic N) is 1. The van der Waals surface area contributed by atoms with E-state index in [0.29, 0.717) is 50.8 Å². The zero-order valence-electron chi connectivity index (χ0n) is 47.4. The van der Waals surface area contributed by atoms with E-state index in [9.17, 15) is 53.4 Å². The van der Waals surface area contributed by atoms with E-state index in [0.717, 1.165) is 10.5 Å². The van der Waals surface area contributed by atoms with Crippen LogP contribution < -0.4 is 42.5 Å². The molecule has 11 atom stereocenters. The number of alkyl halides is 1. The van der Waals surface area contributed by atoms with Crippen molar-refractivity contribution in [3.63, 3.8) is 0 Å². The number of aliphatic carboxylic acids is 1. The SMILES string of the molecule is CC(=O)O[C@@H](C)/C=C\C(=O)N[C@@H]1C[C@H](C)[C@H](C/C=C(C)/C=C/[C@H]2O[C@H](CC(=O)NCNC(=O)OCc3ccc(N(C(=O)[C@@H](NC(=O)CCCCCNC(=O)CBr)C(C)C)[C@@H](CCCNC(N)=O)C(=O)O)cc3)C[C@@]3(CO3)[C@@H]2O)O[C@@H]1C. The second-order valence-electron chi connectivity index (χ2n) is 21.1. The molecule has 450 valence electrons. The van der Waals surface area contributed by atoms with Gasteiger partial charge in [0.15, 0.2) is 0 Å². The summed E-state index contributed by atoms with van der Waals surface area (Å²) in [5.41, 5.74) is 5.91. The number of carbonyl (C=O) groups excluding carboxylic acids is 8. The van der Waals surface area contributed by atoms with Gasteiger partial charge in [-0.1, -0.05) is 79.1 Å². The zero-order chi connectivity index (χ0) is 59.8. The molecule has 0 unspecified atom stereocenters. The van der Waals surface area contributed by atoms with Crippen LogP contribution in [0.1, 0.15) is 118 Å². The molecule has 1 aromatic rings. The first-order valence-electron chi connectivity index (χ1n) is 27.5. The Balaban J connectivity index is 1.27. The monoisotopic (exact) mass is 1200 g/mol. The second kappa shape index (κ2) is 33.5. The summed E-state index contributed by atoms with van der Waals surface area (Å²) in [6.45, 7) is 12.6. The average Bonchev–Trinajstić information content (AvgIpc) is 4.34. The molecule has 4 rings (SSSR count).